The van der Waals surface area contributed by atoms with Gasteiger partial charge < -0.3 is 15.2 Å². The number of ether oxygens (including phenoxy) is 2. The second-order valence-electron chi connectivity index (χ2n) is 5.26. The molecule has 0 aliphatic rings. The van der Waals surface area contributed by atoms with Gasteiger partial charge in [-0.2, -0.15) is 13.2 Å². The lowest BCUT2D eigenvalue weighted by molar-refractivity contribution is -0.137. The Morgan fingerprint density at radius 3 is 2.12 bits per heavy atom. The van der Waals surface area contributed by atoms with Gasteiger partial charge in [-0.15, -0.1) is 0 Å². The Labute approximate surface area is 141 Å². The van der Waals surface area contributed by atoms with E-state index in [4.69, 9.17) is 15.2 Å². The minimum Gasteiger partial charge on any atom is -0.497 e. The average molecular weight is 349 g/mol. The highest BCUT2D eigenvalue weighted by atomic mass is 19.4. The number of nitrogens with zero attached hydrogens (tertiary/aromatic N) is 2. The molecule has 0 aliphatic heterocycles. The van der Waals surface area contributed by atoms with E-state index >= 15 is 0 Å². The molecule has 0 spiro atoms. The molecule has 3 aromatic rings. The van der Waals surface area contributed by atoms with Crippen LogP contribution in [0.25, 0.3) is 22.3 Å². The Kier molecular flexibility index (Phi) is 4.12. The number of fused-ring (bicyclic) bond motifs is 1. The molecule has 8 heteroatoms. The van der Waals surface area contributed by atoms with Crippen LogP contribution in [-0.4, -0.2) is 24.2 Å². The second-order valence-corrected chi connectivity index (χ2v) is 5.26. The third kappa shape index (κ3) is 3.28. The summed E-state index contributed by atoms with van der Waals surface area (Å²) in [6, 6.07) is 8.14. The van der Waals surface area contributed by atoms with Gasteiger partial charge in [0, 0.05) is 17.0 Å². The summed E-state index contributed by atoms with van der Waals surface area (Å²) in [5.41, 5.74) is 5.73. The third-order valence-corrected chi connectivity index (χ3v) is 3.66. The van der Waals surface area contributed by atoms with Crippen molar-refractivity contribution < 1.29 is 22.6 Å². The number of methoxy groups -OCH3 is 2. The molecular formula is C17H14F3N3O2. The molecule has 0 saturated heterocycles. The Bertz CT molecular complexity index is 920. The van der Waals surface area contributed by atoms with Crippen molar-refractivity contribution >= 4 is 16.7 Å². The largest absolute Gasteiger partial charge is 0.497 e. The summed E-state index contributed by atoms with van der Waals surface area (Å²) in [5.74, 6) is 1.28. The molecule has 0 fully saturated rings. The monoisotopic (exact) mass is 349 g/mol. The van der Waals surface area contributed by atoms with Crippen molar-refractivity contribution in [2.24, 2.45) is 0 Å². The van der Waals surface area contributed by atoms with Crippen molar-refractivity contribution in [1.29, 1.82) is 0 Å². The fourth-order valence-electron chi connectivity index (χ4n) is 2.40. The summed E-state index contributed by atoms with van der Waals surface area (Å²) in [6.07, 6.45) is -4.47. The molecule has 2 N–H and O–H groups in total. The third-order valence-electron chi connectivity index (χ3n) is 3.66. The Morgan fingerprint density at radius 2 is 1.56 bits per heavy atom. The maximum atomic E-state index is 12.9. The Hall–Kier alpha value is -3.03. The topological polar surface area (TPSA) is 70.3 Å². The van der Waals surface area contributed by atoms with E-state index in [-0.39, 0.29) is 17.2 Å². The van der Waals surface area contributed by atoms with Crippen LogP contribution in [0.2, 0.25) is 0 Å². The predicted octanol–water partition coefficient (Wildman–Crippen LogP) is 3.92. The number of halogens is 3. The van der Waals surface area contributed by atoms with Crippen LogP contribution in [0.1, 0.15) is 5.56 Å². The number of nitrogen functional groups attached to an aromatic ring is 1. The van der Waals surface area contributed by atoms with Gasteiger partial charge in [-0.1, -0.05) is 0 Å². The average Bonchev–Trinajstić information content (AvgIpc) is 2.59. The van der Waals surface area contributed by atoms with Gasteiger partial charge in [-0.3, -0.25) is 0 Å². The van der Waals surface area contributed by atoms with Crippen LogP contribution in [0, 0.1) is 0 Å². The number of anilines is 1. The standard InChI is InChI=1S/C17H14F3N3O2/c1-24-11-5-9(6-12(8-11)25-2)16-22-14-7-10(17(18,19)20)3-4-13(14)15(21)23-16/h3-8H,1-2H3,(H2,21,22,23). The molecule has 2 aromatic carbocycles. The summed E-state index contributed by atoms with van der Waals surface area (Å²) in [5, 5.41) is 0.353. The molecule has 1 aromatic heterocycles. The highest BCUT2D eigenvalue weighted by molar-refractivity contribution is 5.90. The molecule has 0 aliphatic carbocycles. The first-order valence-electron chi connectivity index (χ1n) is 7.19. The minimum atomic E-state index is -4.47. The molecule has 25 heavy (non-hydrogen) atoms. The number of benzene rings is 2. The molecular weight excluding hydrogens is 335 g/mol. The molecule has 1 heterocycles. The maximum absolute atomic E-state index is 12.9. The number of rotatable bonds is 3. The summed E-state index contributed by atoms with van der Waals surface area (Å²) >= 11 is 0. The van der Waals surface area contributed by atoms with Crippen molar-refractivity contribution in [3.63, 3.8) is 0 Å². The number of hydrogen-bond donors (Lipinski definition) is 1. The smallest absolute Gasteiger partial charge is 0.416 e. The Balaban J connectivity index is 2.20. The van der Waals surface area contributed by atoms with Gasteiger partial charge in [0.2, 0.25) is 0 Å². The first-order chi connectivity index (χ1) is 11.8. The molecule has 3 rings (SSSR count). The molecule has 0 bridgehead atoms. The lowest BCUT2D eigenvalue weighted by Gasteiger charge is -2.11. The number of hydrogen-bond acceptors (Lipinski definition) is 5. The molecule has 0 radical (unpaired) electrons. The van der Waals surface area contributed by atoms with Gasteiger partial charge in [0.15, 0.2) is 5.82 Å². The van der Waals surface area contributed by atoms with E-state index in [9.17, 15) is 13.2 Å². The second kappa shape index (κ2) is 6.12. The number of aromatic nitrogens is 2. The number of nitrogens with two attached hydrogens (primary N) is 1. The van der Waals surface area contributed by atoms with Crippen LogP contribution in [-0.2, 0) is 6.18 Å². The van der Waals surface area contributed by atoms with E-state index in [1.807, 2.05) is 0 Å². The first kappa shape index (κ1) is 16.8. The van der Waals surface area contributed by atoms with Crippen molar-refractivity contribution in [1.82, 2.24) is 9.97 Å². The molecule has 130 valence electrons. The minimum absolute atomic E-state index is 0.0931. The highest BCUT2D eigenvalue weighted by Gasteiger charge is 2.30. The fraction of sp³-hybridized carbons (Fsp3) is 0.176. The van der Waals surface area contributed by atoms with Crippen LogP contribution in [0.3, 0.4) is 0 Å². The Morgan fingerprint density at radius 1 is 0.920 bits per heavy atom. The van der Waals surface area contributed by atoms with Gasteiger partial charge in [0.1, 0.15) is 17.3 Å². The summed E-state index contributed by atoms with van der Waals surface area (Å²) < 4.78 is 49.2. The molecule has 0 unspecified atom stereocenters. The van der Waals surface area contributed by atoms with E-state index in [0.29, 0.717) is 22.4 Å². The first-order valence-corrected chi connectivity index (χ1v) is 7.19. The maximum Gasteiger partial charge on any atom is 0.416 e. The van der Waals surface area contributed by atoms with Gasteiger partial charge in [0.05, 0.1) is 25.3 Å². The van der Waals surface area contributed by atoms with Crippen LogP contribution < -0.4 is 15.2 Å². The zero-order valence-electron chi connectivity index (χ0n) is 13.4. The predicted molar refractivity (Wildman–Crippen MR) is 87.5 cm³/mol. The fourth-order valence-corrected chi connectivity index (χ4v) is 2.40. The normalized spacial score (nSPS) is 11.6. The zero-order chi connectivity index (χ0) is 18.2. The van der Waals surface area contributed by atoms with Gasteiger partial charge in [0.25, 0.3) is 0 Å². The van der Waals surface area contributed by atoms with E-state index < -0.39 is 11.7 Å². The van der Waals surface area contributed by atoms with Gasteiger partial charge in [-0.05, 0) is 30.3 Å². The van der Waals surface area contributed by atoms with Crippen LogP contribution in [0.15, 0.2) is 36.4 Å². The quantitative estimate of drug-likeness (QED) is 0.776. The van der Waals surface area contributed by atoms with Crippen LogP contribution in [0.5, 0.6) is 11.5 Å². The zero-order valence-corrected chi connectivity index (χ0v) is 13.4. The van der Waals surface area contributed by atoms with Crippen molar-refractivity contribution in [2.45, 2.75) is 6.18 Å². The summed E-state index contributed by atoms with van der Waals surface area (Å²) in [4.78, 5) is 8.42. The van der Waals surface area contributed by atoms with Crippen LogP contribution in [0.4, 0.5) is 19.0 Å². The molecule has 0 saturated carbocycles. The van der Waals surface area contributed by atoms with E-state index in [1.54, 1.807) is 18.2 Å². The molecule has 5 nitrogen and oxygen atoms in total. The van der Waals surface area contributed by atoms with Crippen LogP contribution >= 0.6 is 0 Å². The lowest BCUT2D eigenvalue weighted by Crippen LogP contribution is -2.06. The van der Waals surface area contributed by atoms with E-state index in [1.165, 1.54) is 20.3 Å². The van der Waals surface area contributed by atoms with E-state index in [2.05, 4.69) is 9.97 Å². The SMILES string of the molecule is COc1cc(OC)cc(-c2nc(N)c3ccc(C(F)(F)F)cc3n2)c1. The molecule has 0 amide bonds. The van der Waals surface area contributed by atoms with E-state index in [0.717, 1.165) is 12.1 Å². The molecule has 0 atom stereocenters. The van der Waals surface area contributed by atoms with Crippen molar-refractivity contribution in [3.8, 4) is 22.9 Å². The van der Waals surface area contributed by atoms with Gasteiger partial charge >= 0.3 is 6.18 Å². The highest BCUT2D eigenvalue weighted by Crippen LogP contribution is 2.34. The van der Waals surface area contributed by atoms with Crippen molar-refractivity contribution in [2.75, 3.05) is 20.0 Å². The summed E-state index contributed by atoms with van der Waals surface area (Å²) in [6.45, 7) is 0. The van der Waals surface area contributed by atoms with Crippen molar-refractivity contribution in [3.05, 3.63) is 42.0 Å². The van der Waals surface area contributed by atoms with Gasteiger partial charge in [-0.25, -0.2) is 9.97 Å². The number of alkyl halides is 3. The summed E-state index contributed by atoms with van der Waals surface area (Å²) in [7, 11) is 2.98. The lowest BCUT2D eigenvalue weighted by atomic mass is 10.1.